The van der Waals surface area contributed by atoms with Crippen LogP contribution in [0, 0.1) is 11.3 Å². The molecule has 2 aromatic rings. The number of likely N-dealkylation sites (tertiary alicyclic amines) is 1. The van der Waals surface area contributed by atoms with Crippen molar-refractivity contribution in [3.8, 4) is 0 Å². The highest BCUT2D eigenvalue weighted by Crippen LogP contribution is 2.57. The van der Waals surface area contributed by atoms with Crippen LogP contribution in [0.2, 0.25) is 5.02 Å². The van der Waals surface area contributed by atoms with Crippen LogP contribution < -0.4 is 10.2 Å². The molecule has 3 heterocycles. The Hall–Kier alpha value is -2.60. The molecule has 0 saturated carbocycles. The molecule has 4 rings (SSSR count). The predicted octanol–water partition coefficient (Wildman–Crippen LogP) is 5.05. The largest absolute Gasteiger partial charge is 0.335 e. The molecule has 0 bridgehead atoms. The summed E-state index contributed by atoms with van der Waals surface area (Å²) >= 11 is 6.21. The lowest BCUT2D eigenvalue weighted by molar-refractivity contribution is -0.144. The van der Waals surface area contributed by atoms with Crippen molar-refractivity contribution < 1.29 is 9.59 Å². The van der Waals surface area contributed by atoms with Crippen LogP contribution in [0.3, 0.4) is 0 Å². The molecule has 0 aliphatic carbocycles. The normalized spacial score (nSPS) is 21.8. The van der Waals surface area contributed by atoms with Gasteiger partial charge in [-0.3, -0.25) is 9.78 Å². The lowest BCUT2D eigenvalue weighted by Crippen LogP contribution is -2.67. The van der Waals surface area contributed by atoms with Crippen molar-refractivity contribution in [3.63, 3.8) is 0 Å². The van der Waals surface area contributed by atoms with E-state index in [0.717, 1.165) is 17.8 Å². The summed E-state index contributed by atoms with van der Waals surface area (Å²) in [6, 6.07) is 13.1. The molecule has 2 fully saturated rings. The first-order chi connectivity index (χ1) is 15.4. The van der Waals surface area contributed by atoms with Crippen LogP contribution >= 0.6 is 11.6 Å². The van der Waals surface area contributed by atoms with E-state index < -0.39 is 5.41 Å². The van der Waals surface area contributed by atoms with Gasteiger partial charge in [-0.25, -0.2) is 4.79 Å². The molecule has 0 radical (unpaired) electrons. The Labute approximate surface area is 195 Å². The molecule has 32 heavy (non-hydrogen) atoms. The van der Waals surface area contributed by atoms with Crippen molar-refractivity contribution in [2.24, 2.45) is 11.3 Å². The van der Waals surface area contributed by atoms with Crippen LogP contribution in [-0.4, -0.2) is 41.0 Å². The zero-order valence-corrected chi connectivity index (χ0v) is 19.7. The van der Waals surface area contributed by atoms with Gasteiger partial charge in [-0.2, -0.15) is 0 Å². The molecular weight excluding hydrogens is 424 g/mol. The number of carbonyl (C=O) groups is 2. The molecule has 3 unspecified atom stereocenters. The zero-order valence-electron chi connectivity index (χ0n) is 18.9. The molecule has 3 atom stereocenters. The van der Waals surface area contributed by atoms with Gasteiger partial charge in [-0.1, -0.05) is 44.0 Å². The first kappa shape index (κ1) is 22.6. The highest BCUT2D eigenvalue weighted by Gasteiger charge is 2.62. The molecule has 6 nitrogen and oxygen atoms in total. The maximum atomic E-state index is 13.6. The van der Waals surface area contributed by atoms with E-state index in [0.29, 0.717) is 36.9 Å². The second-order valence-electron chi connectivity index (χ2n) is 9.08. The number of hydrogen-bond donors (Lipinski definition) is 1. The van der Waals surface area contributed by atoms with E-state index in [9.17, 15) is 9.59 Å². The molecule has 1 aromatic heterocycles. The van der Waals surface area contributed by atoms with Gasteiger partial charge in [0.05, 0.1) is 17.2 Å². The Morgan fingerprint density at radius 1 is 1.22 bits per heavy atom. The van der Waals surface area contributed by atoms with E-state index in [-0.39, 0.29) is 24.0 Å². The van der Waals surface area contributed by atoms with Crippen molar-refractivity contribution in [2.45, 2.75) is 52.1 Å². The topological polar surface area (TPSA) is 65.5 Å². The second kappa shape index (κ2) is 9.10. The third-order valence-corrected chi connectivity index (χ3v) is 7.51. The number of benzene rings is 1. The quantitative estimate of drug-likeness (QED) is 0.643. The lowest BCUT2D eigenvalue weighted by Gasteiger charge is -2.58. The van der Waals surface area contributed by atoms with Gasteiger partial charge in [0.2, 0.25) is 5.91 Å². The molecule has 170 valence electrons. The van der Waals surface area contributed by atoms with E-state index in [1.54, 1.807) is 12.3 Å². The number of β-lactam (4-membered cyclic amide) rings is 1. The molecule has 1 aromatic carbocycles. The molecule has 7 heteroatoms. The van der Waals surface area contributed by atoms with Crippen molar-refractivity contribution in [3.05, 3.63) is 59.4 Å². The number of piperidine rings is 1. The highest BCUT2D eigenvalue weighted by atomic mass is 35.5. The molecule has 3 amide bonds. The van der Waals surface area contributed by atoms with Gasteiger partial charge < -0.3 is 15.1 Å². The number of carbonyl (C=O) groups excluding carboxylic acids is 2. The minimum atomic E-state index is -0.546. The minimum absolute atomic E-state index is 0.0412. The van der Waals surface area contributed by atoms with Gasteiger partial charge >= 0.3 is 6.03 Å². The fraction of sp³-hybridized carbons (Fsp3) is 0.480. The zero-order chi connectivity index (χ0) is 22.9. The van der Waals surface area contributed by atoms with Gasteiger partial charge in [-0.05, 0) is 56.0 Å². The Bertz CT molecular complexity index is 975. The Kier molecular flexibility index (Phi) is 6.42. The maximum absolute atomic E-state index is 13.6. The van der Waals surface area contributed by atoms with E-state index in [2.05, 4.69) is 24.1 Å². The average Bonchev–Trinajstić information content (AvgIpc) is 2.82. The van der Waals surface area contributed by atoms with E-state index in [1.807, 2.05) is 53.1 Å². The molecular formula is C25H31ClN4O2. The summed E-state index contributed by atoms with van der Waals surface area (Å²) in [6.45, 7) is 7.43. The summed E-state index contributed by atoms with van der Waals surface area (Å²) in [6.07, 6.45) is 4.02. The number of aromatic nitrogens is 1. The predicted molar refractivity (Wildman–Crippen MR) is 127 cm³/mol. The SMILES string of the molecule is CCC(C)C(C)NC(=O)N1CCC2(CC1)C(=O)N(c1cccc(Cl)c1)C2c1ccccn1. The van der Waals surface area contributed by atoms with Crippen LogP contribution in [0.25, 0.3) is 0 Å². The van der Waals surface area contributed by atoms with E-state index in [4.69, 9.17) is 11.6 Å². The smallest absolute Gasteiger partial charge is 0.317 e. The number of nitrogens with one attached hydrogen (secondary N) is 1. The first-order valence-electron chi connectivity index (χ1n) is 11.4. The monoisotopic (exact) mass is 454 g/mol. The third-order valence-electron chi connectivity index (χ3n) is 7.27. The van der Waals surface area contributed by atoms with Gasteiger partial charge in [0.1, 0.15) is 0 Å². The van der Waals surface area contributed by atoms with Crippen molar-refractivity contribution in [2.75, 3.05) is 18.0 Å². The average molecular weight is 455 g/mol. The van der Waals surface area contributed by atoms with Crippen LogP contribution in [0.4, 0.5) is 10.5 Å². The summed E-state index contributed by atoms with van der Waals surface area (Å²) in [4.78, 5) is 34.6. The summed E-state index contributed by atoms with van der Waals surface area (Å²) in [5, 5.41) is 3.72. The number of anilines is 1. The van der Waals surface area contributed by atoms with Gasteiger partial charge in [-0.15, -0.1) is 0 Å². The molecule has 1 spiro atoms. The summed E-state index contributed by atoms with van der Waals surface area (Å²) < 4.78 is 0. The van der Waals surface area contributed by atoms with E-state index in [1.165, 1.54) is 0 Å². The van der Waals surface area contributed by atoms with E-state index >= 15 is 0 Å². The van der Waals surface area contributed by atoms with Crippen LogP contribution in [0.5, 0.6) is 0 Å². The number of hydrogen-bond acceptors (Lipinski definition) is 3. The fourth-order valence-corrected chi connectivity index (χ4v) is 5.06. The minimum Gasteiger partial charge on any atom is -0.335 e. The second-order valence-corrected chi connectivity index (χ2v) is 9.52. The Balaban J connectivity index is 1.54. The summed E-state index contributed by atoms with van der Waals surface area (Å²) in [5.74, 6) is 0.506. The lowest BCUT2D eigenvalue weighted by atomic mass is 9.63. The van der Waals surface area contributed by atoms with Crippen LogP contribution in [0.1, 0.15) is 51.8 Å². The number of amides is 3. The van der Waals surface area contributed by atoms with Gasteiger partial charge in [0.15, 0.2) is 0 Å². The number of pyridine rings is 1. The van der Waals surface area contributed by atoms with Crippen molar-refractivity contribution in [1.82, 2.24) is 15.2 Å². The molecule has 2 saturated heterocycles. The molecule has 1 N–H and O–H groups in total. The Morgan fingerprint density at radius 2 is 1.97 bits per heavy atom. The van der Waals surface area contributed by atoms with Crippen molar-refractivity contribution in [1.29, 1.82) is 0 Å². The number of urea groups is 1. The fourth-order valence-electron chi connectivity index (χ4n) is 4.88. The molecule has 2 aliphatic heterocycles. The van der Waals surface area contributed by atoms with Crippen LogP contribution in [-0.2, 0) is 4.79 Å². The first-order valence-corrected chi connectivity index (χ1v) is 11.8. The Morgan fingerprint density at radius 3 is 2.59 bits per heavy atom. The number of rotatable bonds is 5. The number of nitrogens with zero attached hydrogens (tertiary/aromatic N) is 3. The standard InChI is InChI=1S/C25H31ClN4O2/c1-4-17(2)18(3)28-24(32)29-14-11-25(12-15-29)22(21-10-5-6-13-27-21)30(23(25)31)20-9-7-8-19(26)16-20/h5-10,13,16-18,22H,4,11-12,14-15H2,1-3H3,(H,28,32). The summed E-state index contributed by atoms with van der Waals surface area (Å²) in [5.41, 5.74) is 1.11. The van der Waals surface area contributed by atoms with Gasteiger partial charge in [0.25, 0.3) is 0 Å². The summed E-state index contributed by atoms with van der Waals surface area (Å²) in [7, 11) is 0. The van der Waals surface area contributed by atoms with Crippen LogP contribution in [0.15, 0.2) is 48.7 Å². The maximum Gasteiger partial charge on any atom is 0.317 e. The number of halogens is 1. The van der Waals surface area contributed by atoms with Crippen molar-refractivity contribution >= 4 is 29.2 Å². The van der Waals surface area contributed by atoms with Gasteiger partial charge in [0, 0.05) is 36.0 Å². The highest BCUT2D eigenvalue weighted by molar-refractivity contribution is 6.31. The molecule has 2 aliphatic rings. The third kappa shape index (κ3) is 3.96.